The standard InChI is InChI=1S/C35H28N4/c1-24-8-3-5-11-31(24)33-18-26(13-14-28(33)20-36)22-39-35(30-10-7-17-38-23-30)27-15-16-29(21-37)34(19-27)32-12-6-4-9-25(32)2/h3-19,23,35,39H,22H2,1-2H3. The van der Waals surface area contributed by atoms with Gasteiger partial charge in [0.15, 0.2) is 0 Å². The van der Waals surface area contributed by atoms with Crippen LogP contribution in [-0.4, -0.2) is 4.98 Å². The molecule has 0 aliphatic carbocycles. The molecule has 4 heteroatoms. The van der Waals surface area contributed by atoms with E-state index in [0.717, 1.165) is 50.1 Å². The minimum Gasteiger partial charge on any atom is -0.302 e. The summed E-state index contributed by atoms with van der Waals surface area (Å²) in [6.45, 7) is 4.72. The second-order valence-electron chi connectivity index (χ2n) is 9.64. The lowest BCUT2D eigenvalue weighted by Gasteiger charge is -2.22. The van der Waals surface area contributed by atoms with Crippen LogP contribution in [0.4, 0.5) is 0 Å². The Balaban J connectivity index is 1.53. The molecule has 4 nitrogen and oxygen atoms in total. The lowest BCUT2D eigenvalue weighted by molar-refractivity contribution is 0.603. The first-order chi connectivity index (χ1) is 19.1. The minimum absolute atomic E-state index is 0.147. The second kappa shape index (κ2) is 11.6. The van der Waals surface area contributed by atoms with Crippen molar-refractivity contribution in [2.24, 2.45) is 0 Å². The third kappa shape index (κ3) is 5.48. The van der Waals surface area contributed by atoms with Crippen molar-refractivity contribution in [3.63, 3.8) is 0 Å². The molecule has 4 aromatic carbocycles. The fraction of sp³-hybridized carbons (Fsp3) is 0.114. The number of aryl methyl sites for hydroxylation is 2. The highest BCUT2D eigenvalue weighted by Gasteiger charge is 2.18. The molecular formula is C35H28N4. The van der Waals surface area contributed by atoms with Crippen LogP contribution < -0.4 is 5.32 Å². The van der Waals surface area contributed by atoms with E-state index < -0.39 is 0 Å². The molecule has 188 valence electrons. The van der Waals surface area contributed by atoms with Gasteiger partial charge in [-0.1, -0.05) is 66.7 Å². The SMILES string of the molecule is Cc1ccccc1-c1cc(CNC(c2cccnc2)c2ccc(C#N)c(-c3ccccc3C)c2)ccc1C#N. The van der Waals surface area contributed by atoms with Gasteiger partial charge in [-0.15, -0.1) is 0 Å². The van der Waals surface area contributed by atoms with Crippen molar-refractivity contribution in [1.29, 1.82) is 10.5 Å². The summed E-state index contributed by atoms with van der Waals surface area (Å²) in [5.74, 6) is 0. The number of benzene rings is 4. The molecule has 5 aromatic rings. The van der Waals surface area contributed by atoms with Gasteiger partial charge in [0.25, 0.3) is 0 Å². The molecule has 1 aromatic heterocycles. The summed E-state index contributed by atoms with van der Waals surface area (Å²) in [6, 6.07) is 36.9. The smallest absolute Gasteiger partial charge is 0.0998 e. The molecule has 5 rings (SSSR count). The van der Waals surface area contributed by atoms with Gasteiger partial charge >= 0.3 is 0 Å². The van der Waals surface area contributed by atoms with Crippen LogP contribution in [0.5, 0.6) is 0 Å². The van der Waals surface area contributed by atoms with Crippen molar-refractivity contribution < 1.29 is 0 Å². The first-order valence-corrected chi connectivity index (χ1v) is 12.9. The van der Waals surface area contributed by atoms with Crippen molar-refractivity contribution in [3.05, 3.63) is 148 Å². The lowest BCUT2D eigenvalue weighted by Crippen LogP contribution is -2.22. The number of rotatable bonds is 7. The summed E-state index contributed by atoms with van der Waals surface area (Å²) in [6.07, 6.45) is 3.65. The molecule has 1 unspecified atom stereocenters. The average Bonchev–Trinajstić information content (AvgIpc) is 2.98. The lowest BCUT2D eigenvalue weighted by atomic mass is 9.91. The molecule has 0 saturated heterocycles. The number of nitrogens with one attached hydrogen (secondary N) is 1. The van der Waals surface area contributed by atoms with Crippen LogP contribution in [0.15, 0.2) is 109 Å². The van der Waals surface area contributed by atoms with Gasteiger partial charge in [0, 0.05) is 30.1 Å². The Morgan fingerprint density at radius 2 is 1.28 bits per heavy atom. The zero-order chi connectivity index (χ0) is 27.2. The van der Waals surface area contributed by atoms with Crippen LogP contribution in [0.25, 0.3) is 22.3 Å². The average molecular weight is 505 g/mol. The normalized spacial score (nSPS) is 11.4. The van der Waals surface area contributed by atoms with E-state index in [1.54, 1.807) is 6.20 Å². The van der Waals surface area contributed by atoms with Crippen molar-refractivity contribution in [2.45, 2.75) is 26.4 Å². The van der Waals surface area contributed by atoms with Crippen molar-refractivity contribution >= 4 is 0 Å². The van der Waals surface area contributed by atoms with Crippen LogP contribution in [-0.2, 0) is 6.54 Å². The molecule has 39 heavy (non-hydrogen) atoms. The van der Waals surface area contributed by atoms with Gasteiger partial charge in [0.05, 0.1) is 29.3 Å². The first-order valence-electron chi connectivity index (χ1n) is 12.9. The fourth-order valence-electron chi connectivity index (χ4n) is 5.03. The Morgan fingerprint density at radius 3 is 1.87 bits per heavy atom. The molecule has 0 amide bonds. The Morgan fingerprint density at radius 1 is 0.667 bits per heavy atom. The topological polar surface area (TPSA) is 72.5 Å². The van der Waals surface area contributed by atoms with E-state index in [1.165, 1.54) is 0 Å². The Hall–Kier alpha value is -5.03. The molecule has 1 heterocycles. The van der Waals surface area contributed by atoms with Gasteiger partial charge in [-0.25, -0.2) is 0 Å². The molecule has 0 fully saturated rings. The van der Waals surface area contributed by atoms with E-state index in [4.69, 9.17) is 0 Å². The molecule has 0 radical (unpaired) electrons. The van der Waals surface area contributed by atoms with E-state index in [1.807, 2.05) is 60.8 Å². The number of nitrogens with zero attached hydrogens (tertiary/aromatic N) is 3. The van der Waals surface area contributed by atoms with Crippen molar-refractivity contribution in [1.82, 2.24) is 10.3 Å². The first kappa shape index (κ1) is 25.6. The molecule has 0 aliphatic heterocycles. The van der Waals surface area contributed by atoms with Gasteiger partial charge in [-0.2, -0.15) is 10.5 Å². The molecule has 1 N–H and O–H groups in total. The largest absolute Gasteiger partial charge is 0.302 e. The van der Waals surface area contributed by atoms with Gasteiger partial charge in [-0.05, 0) is 83.1 Å². The van der Waals surface area contributed by atoms with E-state index in [0.29, 0.717) is 17.7 Å². The summed E-state index contributed by atoms with van der Waals surface area (Å²) in [4.78, 5) is 4.37. The van der Waals surface area contributed by atoms with Crippen molar-refractivity contribution in [2.75, 3.05) is 0 Å². The van der Waals surface area contributed by atoms with Crippen LogP contribution >= 0.6 is 0 Å². The highest BCUT2D eigenvalue weighted by molar-refractivity contribution is 5.75. The predicted octanol–water partition coefficient (Wildman–Crippen LogP) is 7.66. The summed E-state index contributed by atoms with van der Waals surface area (Å²) >= 11 is 0. The quantitative estimate of drug-likeness (QED) is 0.247. The zero-order valence-corrected chi connectivity index (χ0v) is 22.0. The molecule has 0 spiro atoms. The van der Waals surface area contributed by atoms with E-state index in [2.05, 4.69) is 78.8 Å². The number of pyridine rings is 1. The van der Waals surface area contributed by atoms with Crippen molar-refractivity contribution in [3.8, 4) is 34.4 Å². The minimum atomic E-state index is -0.147. The van der Waals surface area contributed by atoms with Gasteiger partial charge in [-0.3, -0.25) is 4.98 Å². The monoisotopic (exact) mass is 504 g/mol. The predicted molar refractivity (Wildman–Crippen MR) is 156 cm³/mol. The van der Waals surface area contributed by atoms with E-state index >= 15 is 0 Å². The van der Waals surface area contributed by atoms with Crippen LogP contribution in [0, 0.1) is 36.5 Å². The maximum absolute atomic E-state index is 9.85. The Bertz CT molecular complexity index is 1710. The number of hydrogen-bond donors (Lipinski definition) is 1. The van der Waals surface area contributed by atoms with Crippen LogP contribution in [0.2, 0.25) is 0 Å². The Kier molecular flexibility index (Phi) is 7.60. The third-order valence-corrected chi connectivity index (χ3v) is 7.10. The highest BCUT2D eigenvalue weighted by Crippen LogP contribution is 2.32. The van der Waals surface area contributed by atoms with E-state index in [-0.39, 0.29) is 6.04 Å². The van der Waals surface area contributed by atoms with Gasteiger partial charge in [0.1, 0.15) is 0 Å². The third-order valence-electron chi connectivity index (χ3n) is 7.10. The van der Waals surface area contributed by atoms with Crippen LogP contribution in [0.3, 0.4) is 0 Å². The zero-order valence-electron chi connectivity index (χ0n) is 22.0. The van der Waals surface area contributed by atoms with Crippen LogP contribution in [0.1, 0.15) is 45.0 Å². The summed E-state index contributed by atoms with van der Waals surface area (Å²) in [5.41, 5.74) is 10.7. The van der Waals surface area contributed by atoms with Gasteiger partial charge in [0.2, 0.25) is 0 Å². The van der Waals surface area contributed by atoms with E-state index in [9.17, 15) is 10.5 Å². The second-order valence-corrected chi connectivity index (χ2v) is 9.64. The van der Waals surface area contributed by atoms with Gasteiger partial charge < -0.3 is 5.32 Å². The maximum atomic E-state index is 9.85. The Labute approximate surface area is 229 Å². The summed E-state index contributed by atoms with van der Waals surface area (Å²) in [5, 5.41) is 23.3. The summed E-state index contributed by atoms with van der Waals surface area (Å²) < 4.78 is 0. The molecule has 0 aliphatic rings. The molecule has 1 atom stereocenters. The maximum Gasteiger partial charge on any atom is 0.0998 e. The highest BCUT2D eigenvalue weighted by atomic mass is 14.9. The fourth-order valence-corrected chi connectivity index (χ4v) is 5.03. The number of aromatic nitrogens is 1. The number of nitriles is 2. The molecule has 0 bridgehead atoms. The number of hydrogen-bond acceptors (Lipinski definition) is 4. The summed E-state index contributed by atoms with van der Waals surface area (Å²) in [7, 11) is 0. The molecule has 0 saturated carbocycles. The molecular weight excluding hydrogens is 476 g/mol.